The van der Waals surface area contributed by atoms with Gasteiger partial charge >= 0.3 is 12.1 Å². The summed E-state index contributed by atoms with van der Waals surface area (Å²) in [4.78, 5) is 17.5. The fraction of sp³-hybridized carbons (Fsp3) is 0.158. The highest BCUT2D eigenvalue weighted by atomic mass is 19.4. The molecule has 0 aliphatic carbocycles. The fourth-order valence-corrected chi connectivity index (χ4v) is 2.73. The molecule has 1 aliphatic rings. The van der Waals surface area contributed by atoms with Crippen molar-refractivity contribution in [3.63, 3.8) is 0 Å². The second-order valence-corrected chi connectivity index (χ2v) is 5.91. The summed E-state index contributed by atoms with van der Waals surface area (Å²) in [6.07, 6.45) is -1.96. The first-order chi connectivity index (χ1) is 13.3. The number of methoxy groups -OCH3 is 1. The number of nitrogens with zero attached hydrogens (tertiary/aromatic N) is 1. The van der Waals surface area contributed by atoms with E-state index < -0.39 is 17.7 Å². The number of quaternary nitrogens is 1. The Balaban J connectivity index is 1.97. The van der Waals surface area contributed by atoms with Crippen molar-refractivity contribution >= 4 is 23.6 Å². The van der Waals surface area contributed by atoms with Gasteiger partial charge < -0.3 is 10.5 Å². The summed E-state index contributed by atoms with van der Waals surface area (Å²) in [6, 6.07) is 10.9. The van der Waals surface area contributed by atoms with Gasteiger partial charge in [0.05, 0.1) is 30.0 Å². The molecular formula is C19H17F3N3O3+. The van der Waals surface area contributed by atoms with Gasteiger partial charge in [-0.15, -0.1) is 0 Å². The minimum Gasteiger partial charge on any atom is -0.465 e. The number of hydroxylamine groups is 1. The van der Waals surface area contributed by atoms with E-state index in [4.69, 9.17) is 10.6 Å². The molecule has 0 aromatic heterocycles. The SMILES string of the molecule is COC(=O)c1cc(C2=CC=N[NH+]2OCc2ccccc2)c(C(F)(F)F)cc1N. The maximum Gasteiger partial charge on any atom is 0.417 e. The first-order valence-electron chi connectivity index (χ1n) is 8.19. The van der Waals surface area contributed by atoms with Crippen LogP contribution >= 0.6 is 0 Å². The van der Waals surface area contributed by atoms with Gasteiger partial charge in [0.25, 0.3) is 0 Å². The number of nitrogens with two attached hydrogens (primary N) is 1. The Labute approximate surface area is 158 Å². The molecule has 2 aromatic carbocycles. The number of esters is 1. The monoisotopic (exact) mass is 392 g/mol. The van der Waals surface area contributed by atoms with Crippen molar-refractivity contribution in [3.8, 4) is 0 Å². The van der Waals surface area contributed by atoms with Crippen LogP contribution in [0.4, 0.5) is 18.9 Å². The number of hydrogen-bond acceptors (Lipinski definition) is 5. The topological polar surface area (TPSA) is 78.3 Å². The van der Waals surface area contributed by atoms with Crippen molar-refractivity contribution < 1.29 is 32.7 Å². The number of alkyl halides is 3. The average Bonchev–Trinajstić information content (AvgIpc) is 3.14. The number of benzene rings is 2. The molecule has 0 saturated heterocycles. The molecule has 1 unspecified atom stereocenters. The number of nitrogens with one attached hydrogen (secondary N) is 1. The Bertz CT molecular complexity index is 941. The molecule has 0 radical (unpaired) electrons. The summed E-state index contributed by atoms with van der Waals surface area (Å²) < 4.78 is 45.4. The van der Waals surface area contributed by atoms with Gasteiger partial charge in [-0.1, -0.05) is 35.4 Å². The minimum atomic E-state index is -4.69. The molecule has 146 valence electrons. The van der Waals surface area contributed by atoms with Crippen LogP contribution in [0.1, 0.15) is 27.0 Å². The van der Waals surface area contributed by atoms with Gasteiger partial charge in [-0.2, -0.15) is 18.0 Å². The van der Waals surface area contributed by atoms with Crippen LogP contribution in [0.5, 0.6) is 0 Å². The third kappa shape index (κ3) is 4.05. The van der Waals surface area contributed by atoms with E-state index in [1.54, 1.807) is 0 Å². The Morgan fingerprint density at radius 2 is 1.93 bits per heavy atom. The number of nitrogen functional groups attached to an aromatic ring is 1. The molecule has 9 heteroatoms. The third-order valence-corrected chi connectivity index (χ3v) is 4.07. The van der Waals surface area contributed by atoms with Crippen LogP contribution in [0.15, 0.2) is 53.6 Å². The zero-order chi connectivity index (χ0) is 20.3. The Hall–Kier alpha value is -3.17. The number of halogens is 3. The van der Waals surface area contributed by atoms with E-state index in [-0.39, 0.29) is 34.3 Å². The molecule has 0 amide bonds. The molecule has 1 atom stereocenters. The van der Waals surface area contributed by atoms with E-state index in [0.29, 0.717) is 0 Å². The van der Waals surface area contributed by atoms with Crippen LogP contribution in [0.25, 0.3) is 5.70 Å². The molecule has 6 nitrogen and oxygen atoms in total. The van der Waals surface area contributed by atoms with E-state index in [1.807, 2.05) is 30.3 Å². The summed E-state index contributed by atoms with van der Waals surface area (Å²) in [5, 5.41) is 4.03. The van der Waals surface area contributed by atoms with Gasteiger partial charge in [0.15, 0.2) is 0 Å². The Kier molecular flexibility index (Phi) is 5.48. The normalized spacial score (nSPS) is 16.1. The second kappa shape index (κ2) is 7.83. The van der Waals surface area contributed by atoms with Crippen molar-refractivity contribution in [2.75, 3.05) is 12.8 Å². The van der Waals surface area contributed by atoms with Crippen LogP contribution in [-0.4, -0.2) is 19.3 Å². The quantitative estimate of drug-likeness (QED) is 0.605. The van der Waals surface area contributed by atoms with Gasteiger partial charge in [-0.25, -0.2) is 4.79 Å². The summed E-state index contributed by atoms with van der Waals surface area (Å²) in [5.74, 6) is -0.834. The van der Waals surface area contributed by atoms with Crippen molar-refractivity contribution in [2.24, 2.45) is 5.10 Å². The smallest absolute Gasteiger partial charge is 0.417 e. The van der Waals surface area contributed by atoms with Crippen molar-refractivity contribution in [2.45, 2.75) is 12.8 Å². The largest absolute Gasteiger partial charge is 0.465 e. The third-order valence-electron chi connectivity index (χ3n) is 4.07. The van der Waals surface area contributed by atoms with E-state index in [2.05, 4.69) is 9.84 Å². The van der Waals surface area contributed by atoms with Crippen molar-refractivity contribution in [1.82, 2.24) is 0 Å². The fourth-order valence-electron chi connectivity index (χ4n) is 2.73. The Morgan fingerprint density at radius 3 is 2.57 bits per heavy atom. The molecule has 1 heterocycles. The highest BCUT2D eigenvalue weighted by molar-refractivity contribution is 5.97. The lowest BCUT2D eigenvalue weighted by Gasteiger charge is -2.17. The zero-order valence-electron chi connectivity index (χ0n) is 14.8. The number of carbonyl (C=O) groups is 1. The standard InChI is InChI=1S/C19H16F3N3O3/c1-27-18(26)14-9-13(15(10-16(14)23)19(20,21)22)17-7-8-24-25(17)28-11-12-5-3-2-4-6-12/h2-10H,11,23H2,1H3/p+1. The van der Waals surface area contributed by atoms with E-state index >= 15 is 0 Å². The molecule has 0 saturated carbocycles. The number of allylic oxidation sites excluding steroid dienone is 1. The molecule has 3 rings (SSSR count). The minimum absolute atomic E-state index is 0.0231. The van der Waals surface area contributed by atoms with Crippen molar-refractivity contribution in [3.05, 3.63) is 70.8 Å². The maximum atomic E-state index is 13.6. The van der Waals surface area contributed by atoms with Gasteiger partial charge in [-0.05, 0) is 22.9 Å². The van der Waals surface area contributed by atoms with E-state index in [1.165, 1.54) is 12.3 Å². The van der Waals surface area contributed by atoms with Crippen LogP contribution in [0, 0.1) is 0 Å². The number of anilines is 1. The van der Waals surface area contributed by atoms with Gasteiger partial charge in [0.1, 0.15) is 6.61 Å². The summed E-state index contributed by atoms with van der Waals surface area (Å²) in [5.41, 5.74) is 4.84. The molecule has 3 N–H and O–H groups in total. The molecule has 0 bridgehead atoms. The Morgan fingerprint density at radius 1 is 1.21 bits per heavy atom. The number of ether oxygens (including phenoxy) is 1. The van der Waals surface area contributed by atoms with E-state index in [0.717, 1.165) is 24.8 Å². The highest BCUT2D eigenvalue weighted by Crippen LogP contribution is 2.37. The predicted molar refractivity (Wildman–Crippen MR) is 95.9 cm³/mol. The lowest BCUT2D eigenvalue weighted by Crippen LogP contribution is -3.02. The molecule has 2 aromatic rings. The predicted octanol–water partition coefficient (Wildman–Crippen LogP) is 2.43. The molecule has 28 heavy (non-hydrogen) atoms. The van der Waals surface area contributed by atoms with Crippen LogP contribution in [0.3, 0.4) is 0 Å². The lowest BCUT2D eigenvalue weighted by atomic mass is 9.99. The van der Waals surface area contributed by atoms with Crippen LogP contribution < -0.4 is 10.9 Å². The zero-order valence-corrected chi connectivity index (χ0v) is 14.8. The molecule has 1 aliphatic heterocycles. The van der Waals surface area contributed by atoms with Gasteiger partial charge in [0, 0.05) is 11.8 Å². The average molecular weight is 392 g/mol. The number of hydrogen-bond donors (Lipinski definition) is 2. The maximum absolute atomic E-state index is 13.6. The summed E-state index contributed by atoms with van der Waals surface area (Å²) >= 11 is 0. The molecule has 0 fully saturated rings. The molecular weight excluding hydrogens is 375 g/mol. The van der Waals surface area contributed by atoms with Crippen molar-refractivity contribution in [1.29, 1.82) is 0 Å². The second-order valence-electron chi connectivity index (χ2n) is 5.91. The number of carbonyl (C=O) groups excluding carboxylic acids is 1. The first kappa shape index (κ1) is 19.6. The number of rotatable bonds is 5. The van der Waals surface area contributed by atoms with Crippen LogP contribution in [-0.2, 0) is 22.4 Å². The molecule has 0 spiro atoms. The summed E-state index contributed by atoms with van der Waals surface area (Å²) in [6.45, 7) is 0.130. The van der Waals surface area contributed by atoms with Gasteiger partial charge in [-0.3, -0.25) is 0 Å². The van der Waals surface area contributed by atoms with E-state index in [9.17, 15) is 18.0 Å². The van der Waals surface area contributed by atoms with Gasteiger partial charge in [0.2, 0.25) is 5.70 Å². The highest BCUT2D eigenvalue weighted by Gasteiger charge is 2.39. The first-order valence-corrected chi connectivity index (χ1v) is 8.19. The summed E-state index contributed by atoms with van der Waals surface area (Å²) in [7, 11) is 1.12. The lowest BCUT2D eigenvalue weighted by molar-refractivity contribution is -1.04. The van der Waals surface area contributed by atoms with Crippen LogP contribution in [0.2, 0.25) is 0 Å².